The number of nitrogen functional groups attached to an aromatic ring is 1. The summed E-state index contributed by atoms with van der Waals surface area (Å²) in [4.78, 5) is 13.4. The predicted octanol–water partition coefficient (Wildman–Crippen LogP) is 5.83. The number of carbonyl (C=O) groups is 1. The highest BCUT2D eigenvalue weighted by atomic mass is 16.5. The molecule has 4 N–H and O–H groups in total. The zero-order valence-electron chi connectivity index (χ0n) is 19.7. The number of hydrogen-bond acceptors (Lipinski definition) is 3. The average molecular weight is 467 g/mol. The summed E-state index contributed by atoms with van der Waals surface area (Å²) in [6.07, 6.45) is 5.62. The number of amidine groups is 1. The van der Waals surface area contributed by atoms with Crippen LogP contribution in [-0.2, 0) is 6.54 Å². The van der Waals surface area contributed by atoms with Crippen LogP contribution in [0.5, 0.6) is 11.5 Å². The molecule has 0 unspecified atom stereocenters. The van der Waals surface area contributed by atoms with E-state index in [1.165, 1.54) is 6.42 Å². The van der Waals surface area contributed by atoms with Gasteiger partial charge in [0.25, 0.3) is 5.91 Å². The quantitative estimate of drug-likeness (QED) is 0.236. The van der Waals surface area contributed by atoms with Gasteiger partial charge in [-0.15, -0.1) is 0 Å². The second-order valence-corrected chi connectivity index (χ2v) is 9.17. The Balaban J connectivity index is 1.44. The number of aromatic nitrogens is 1. The zero-order chi connectivity index (χ0) is 24.2. The fourth-order valence-electron chi connectivity index (χ4n) is 4.76. The van der Waals surface area contributed by atoms with E-state index >= 15 is 0 Å². The van der Waals surface area contributed by atoms with Crippen LogP contribution >= 0.6 is 0 Å². The highest BCUT2D eigenvalue weighted by Crippen LogP contribution is 2.26. The number of fused-ring (bicyclic) bond motifs is 1. The average Bonchev–Trinajstić information content (AvgIpc) is 3.24. The van der Waals surface area contributed by atoms with Gasteiger partial charge >= 0.3 is 0 Å². The molecular weight excluding hydrogens is 436 g/mol. The number of nitrogens with two attached hydrogens (primary N) is 1. The summed E-state index contributed by atoms with van der Waals surface area (Å²) >= 11 is 0. The molecule has 6 nitrogen and oxygen atoms in total. The summed E-state index contributed by atoms with van der Waals surface area (Å²) in [7, 11) is 0. The second-order valence-electron chi connectivity index (χ2n) is 9.17. The first-order valence-electron chi connectivity index (χ1n) is 12.2. The number of hydrogen-bond donors (Lipinski definition) is 3. The summed E-state index contributed by atoms with van der Waals surface area (Å²) in [6.45, 7) is 0.518. The van der Waals surface area contributed by atoms with E-state index in [1.807, 2.05) is 83.4 Å². The summed E-state index contributed by atoms with van der Waals surface area (Å²) < 4.78 is 7.94. The third kappa shape index (κ3) is 5.22. The van der Waals surface area contributed by atoms with E-state index in [0.29, 0.717) is 17.8 Å². The minimum atomic E-state index is -0.0542. The maximum atomic E-state index is 13.4. The number of nitrogens with zero attached hydrogens (tertiary/aromatic N) is 1. The number of carbonyl (C=O) groups excluding carboxylic acids is 1. The molecule has 178 valence electrons. The number of para-hydroxylation sites is 1. The summed E-state index contributed by atoms with van der Waals surface area (Å²) in [5, 5.41) is 12.1. The van der Waals surface area contributed by atoms with Gasteiger partial charge in [-0.05, 0) is 54.8 Å². The fraction of sp³-hybridized carbons (Fsp3) is 0.241. The molecule has 0 bridgehead atoms. The van der Waals surface area contributed by atoms with Crippen LogP contribution in [0.4, 0.5) is 0 Å². The van der Waals surface area contributed by atoms with E-state index < -0.39 is 0 Å². The van der Waals surface area contributed by atoms with Crippen molar-refractivity contribution in [1.82, 2.24) is 9.88 Å². The van der Waals surface area contributed by atoms with Crippen molar-refractivity contribution in [3.05, 3.63) is 95.7 Å². The molecule has 3 aromatic carbocycles. The van der Waals surface area contributed by atoms with Gasteiger partial charge in [0.2, 0.25) is 0 Å². The maximum Gasteiger partial charge on any atom is 0.268 e. The number of amides is 1. The fourth-order valence-corrected chi connectivity index (χ4v) is 4.76. The Bertz CT molecular complexity index is 1340. The molecule has 0 atom stereocenters. The Morgan fingerprint density at radius 1 is 0.943 bits per heavy atom. The van der Waals surface area contributed by atoms with E-state index in [2.05, 4.69) is 5.32 Å². The molecule has 0 radical (unpaired) electrons. The third-order valence-electron chi connectivity index (χ3n) is 6.63. The Kier molecular flexibility index (Phi) is 6.53. The van der Waals surface area contributed by atoms with Gasteiger partial charge in [-0.25, -0.2) is 0 Å². The van der Waals surface area contributed by atoms with Crippen LogP contribution in [0.3, 0.4) is 0 Å². The summed E-state index contributed by atoms with van der Waals surface area (Å²) in [5.74, 6) is 1.50. The lowest BCUT2D eigenvalue weighted by atomic mass is 9.95. The Hall–Kier alpha value is -4.06. The van der Waals surface area contributed by atoms with Gasteiger partial charge in [0, 0.05) is 29.1 Å². The molecule has 0 spiro atoms. The zero-order valence-corrected chi connectivity index (χ0v) is 19.7. The summed E-state index contributed by atoms with van der Waals surface area (Å²) in [5.41, 5.74) is 8.95. The number of benzene rings is 3. The van der Waals surface area contributed by atoms with Crippen molar-refractivity contribution >= 4 is 22.6 Å². The normalized spacial score (nSPS) is 14.1. The molecule has 1 aliphatic carbocycles. The van der Waals surface area contributed by atoms with Crippen molar-refractivity contribution < 1.29 is 9.53 Å². The lowest BCUT2D eigenvalue weighted by molar-refractivity contribution is 0.0919. The largest absolute Gasteiger partial charge is 0.457 e. The molecule has 6 heteroatoms. The van der Waals surface area contributed by atoms with E-state index in [4.69, 9.17) is 15.9 Å². The highest BCUT2D eigenvalue weighted by molar-refractivity contribution is 6.02. The van der Waals surface area contributed by atoms with E-state index in [9.17, 15) is 4.79 Å². The topological polar surface area (TPSA) is 93.1 Å². The van der Waals surface area contributed by atoms with Crippen molar-refractivity contribution in [2.45, 2.75) is 44.7 Å². The van der Waals surface area contributed by atoms with Crippen LogP contribution in [0.15, 0.2) is 78.9 Å². The van der Waals surface area contributed by atoms with Gasteiger partial charge in [0.05, 0.1) is 0 Å². The number of nitrogens with one attached hydrogen (secondary N) is 2. The molecule has 35 heavy (non-hydrogen) atoms. The molecule has 1 saturated carbocycles. The molecule has 1 fully saturated rings. The minimum absolute atomic E-state index is 0.00951. The minimum Gasteiger partial charge on any atom is -0.457 e. The first-order valence-corrected chi connectivity index (χ1v) is 12.2. The molecular formula is C29H30N4O2. The van der Waals surface area contributed by atoms with Crippen LogP contribution < -0.4 is 15.8 Å². The van der Waals surface area contributed by atoms with Crippen LogP contribution in [-0.4, -0.2) is 22.4 Å². The first-order chi connectivity index (χ1) is 17.1. The van der Waals surface area contributed by atoms with E-state index in [1.54, 1.807) is 0 Å². The van der Waals surface area contributed by atoms with E-state index in [0.717, 1.165) is 53.6 Å². The van der Waals surface area contributed by atoms with E-state index in [-0.39, 0.29) is 17.8 Å². The van der Waals surface area contributed by atoms with Crippen molar-refractivity contribution in [1.29, 1.82) is 5.41 Å². The van der Waals surface area contributed by atoms with Crippen LogP contribution in [0.2, 0.25) is 0 Å². The van der Waals surface area contributed by atoms with Crippen LogP contribution in [0.25, 0.3) is 10.9 Å². The van der Waals surface area contributed by atoms with Crippen LogP contribution in [0, 0.1) is 5.41 Å². The predicted molar refractivity (Wildman–Crippen MR) is 139 cm³/mol. The maximum absolute atomic E-state index is 13.4. The van der Waals surface area contributed by atoms with Crippen LogP contribution in [0.1, 0.15) is 53.7 Å². The molecule has 4 aromatic rings. The number of rotatable bonds is 7. The lowest BCUT2D eigenvalue weighted by Gasteiger charge is -2.23. The molecule has 0 saturated heterocycles. The Labute approximate surface area is 205 Å². The van der Waals surface area contributed by atoms with Gasteiger partial charge in [0.1, 0.15) is 23.0 Å². The monoisotopic (exact) mass is 466 g/mol. The summed E-state index contributed by atoms with van der Waals surface area (Å²) in [6, 6.07) is 25.4. The Morgan fingerprint density at radius 3 is 2.37 bits per heavy atom. The van der Waals surface area contributed by atoms with Gasteiger partial charge in [-0.2, -0.15) is 0 Å². The van der Waals surface area contributed by atoms with Crippen molar-refractivity contribution in [3.63, 3.8) is 0 Å². The van der Waals surface area contributed by atoms with Gasteiger partial charge < -0.3 is 20.4 Å². The van der Waals surface area contributed by atoms with Gasteiger partial charge in [-0.1, -0.05) is 61.7 Å². The Morgan fingerprint density at radius 2 is 1.66 bits per heavy atom. The van der Waals surface area contributed by atoms with Crippen molar-refractivity contribution in [2.75, 3.05) is 0 Å². The first kappa shape index (κ1) is 22.7. The molecule has 1 heterocycles. The molecule has 1 aromatic heterocycles. The second kappa shape index (κ2) is 10.1. The number of ether oxygens (including phenoxy) is 1. The molecule has 5 rings (SSSR count). The van der Waals surface area contributed by atoms with Crippen molar-refractivity contribution in [3.8, 4) is 11.5 Å². The SMILES string of the molecule is N=C(N)c1ccc2cc(C(=O)NC3CCCCC3)n(Cc3ccc(Oc4ccccc4)cc3)c2c1. The standard InChI is InChI=1S/C29H30N4O2/c30-28(31)22-14-13-21-17-27(29(34)32-23-7-3-1-4-8-23)33(26(21)18-22)19-20-11-15-25(16-12-20)35-24-9-5-2-6-10-24/h2,5-6,9-18,23H,1,3-4,7-8,19H2,(H3,30,31)(H,32,34). The molecule has 1 amide bonds. The van der Waals surface area contributed by atoms with Gasteiger partial charge in [-0.3, -0.25) is 10.2 Å². The third-order valence-corrected chi connectivity index (χ3v) is 6.63. The highest BCUT2D eigenvalue weighted by Gasteiger charge is 2.21. The van der Waals surface area contributed by atoms with Crippen molar-refractivity contribution in [2.24, 2.45) is 5.73 Å². The molecule has 0 aliphatic heterocycles. The van der Waals surface area contributed by atoms with Gasteiger partial charge in [0.15, 0.2) is 0 Å². The lowest BCUT2D eigenvalue weighted by Crippen LogP contribution is -2.37. The smallest absolute Gasteiger partial charge is 0.268 e. The molecule has 1 aliphatic rings.